The molecule has 2 rings (SSSR count). The maximum atomic E-state index is 12.9. The number of halogens is 1. The van der Waals surface area contributed by atoms with Crippen LogP contribution >= 0.6 is 0 Å². The van der Waals surface area contributed by atoms with Crippen molar-refractivity contribution < 1.29 is 17.4 Å². The highest BCUT2D eigenvalue weighted by Gasteiger charge is 2.17. The van der Waals surface area contributed by atoms with Crippen LogP contribution in [0.1, 0.15) is 0 Å². The van der Waals surface area contributed by atoms with Crippen LogP contribution in [0.2, 0.25) is 0 Å². The van der Waals surface area contributed by atoms with Gasteiger partial charge in [-0.15, -0.1) is 0 Å². The fraction of sp³-hybridized carbons (Fsp3) is 0.111. The monoisotopic (exact) mass is 229 g/mol. The topological polar surface area (TPSA) is 59.3 Å². The quantitative estimate of drug-likeness (QED) is 0.755. The van der Waals surface area contributed by atoms with Crippen LogP contribution in [0.25, 0.3) is 10.9 Å². The standard InChI is InChI=1S/C9H8FNO3S/c1-11-5-9(15(12,13)14)7-4-6(10)2-3-8(7)11/h2-5H,1H3,(H,12,13,14). The van der Waals surface area contributed by atoms with E-state index in [9.17, 15) is 12.8 Å². The maximum absolute atomic E-state index is 12.9. The van der Waals surface area contributed by atoms with E-state index in [0.29, 0.717) is 5.52 Å². The van der Waals surface area contributed by atoms with Crippen LogP contribution in [0.15, 0.2) is 29.3 Å². The van der Waals surface area contributed by atoms with Crippen LogP contribution in [-0.4, -0.2) is 17.5 Å². The van der Waals surface area contributed by atoms with Crippen LogP contribution in [0.4, 0.5) is 4.39 Å². The van der Waals surface area contributed by atoms with Gasteiger partial charge in [0.2, 0.25) is 0 Å². The van der Waals surface area contributed by atoms with Crippen LogP contribution in [0.5, 0.6) is 0 Å². The lowest BCUT2D eigenvalue weighted by Gasteiger charge is -1.95. The Bertz CT molecular complexity index is 630. The molecule has 0 amide bonds. The van der Waals surface area contributed by atoms with Crippen molar-refractivity contribution in [3.63, 3.8) is 0 Å². The first-order valence-electron chi connectivity index (χ1n) is 4.11. The van der Waals surface area contributed by atoms with Gasteiger partial charge in [0.25, 0.3) is 10.1 Å². The van der Waals surface area contributed by atoms with E-state index < -0.39 is 15.9 Å². The molecule has 0 atom stereocenters. The van der Waals surface area contributed by atoms with Crippen molar-refractivity contribution in [3.8, 4) is 0 Å². The number of benzene rings is 1. The van der Waals surface area contributed by atoms with Gasteiger partial charge in [0.15, 0.2) is 0 Å². The van der Waals surface area contributed by atoms with Gasteiger partial charge in [-0.3, -0.25) is 4.55 Å². The van der Waals surface area contributed by atoms with Crippen LogP contribution < -0.4 is 0 Å². The van der Waals surface area contributed by atoms with Crippen molar-refractivity contribution in [2.75, 3.05) is 0 Å². The third-order valence-electron chi connectivity index (χ3n) is 2.19. The van der Waals surface area contributed by atoms with Crippen LogP contribution in [0.3, 0.4) is 0 Å². The lowest BCUT2D eigenvalue weighted by Crippen LogP contribution is -1.96. The minimum absolute atomic E-state index is 0.181. The van der Waals surface area contributed by atoms with E-state index in [4.69, 9.17) is 4.55 Å². The number of fused-ring (bicyclic) bond motifs is 1. The summed E-state index contributed by atoms with van der Waals surface area (Å²) >= 11 is 0. The molecule has 0 radical (unpaired) electrons. The van der Waals surface area contributed by atoms with Gasteiger partial charge in [0.05, 0.1) is 0 Å². The zero-order chi connectivity index (χ0) is 11.2. The zero-order valence-electron chi connectivity index (χ0n) is 7.81. The second-order valence-electron chi connectivity index (χ2n) is 3.24. The summed E-state index contributed by atoms with van der Waals surface area (Å²) < 4.78 is 45.4. The number of hydrogen-bond acceptors (Lipinski definition) is 2. The number of aryl methyl sites for hydroxylation is 1. The van der Waals surface area contributed by atoms with Gasteiger partial charge in [-0.2, -0.15) is 8.42 Å². The van der Waals surface area contributed by atoms with E-state index in [1.54, 1.807) is 7.05 Å². The highest BCUT2D eigenvalue weighted by molar-refractivity contribution is 7.86. The van der Waals surface area contributed by atoms with Gasteiger partial charge in [-0.1, -0.05) is 0 Å². The highest BCUT2D eigenvalue weighted by Crippen LogP contribution is 2.25. The molecule has 4 nitrogen and oxygen atoms in total. The number of rotatable bonds is 1. The number of hydrogen-bond donors (Lipinski definition) is 1. The predicted octanol–water partition coefficient (Wildman–Crippen LogP) is 1.56. The van der Waals surface area contributed by atoms with E-state index in [1.807, 2.05) is 0 Å². The SMILES string of the molecule is Cn1cc(S(=O)(=O)O)c2cc(F)ccc21. The summed E-state index contributed by atoms with van der Waals surface area (Å²) in [5.41, 5.74) is 0.545. The Morgan fingerprint density at radius 1 is 1.40 bits per heavy atom. The molecule has 0 saturated carbocycles. The Balaban J connectivity index is 2.94. The molecule has 0 aliphatic carbocycles. The van der Waals surface area contributed by atoms with Gasteiger partial charge in [0.1, 0.15) is 10.7 Å². The van der Waals surface area contributed by atoms with E-state index in [1.165, 1.54) is 22.9 Å². The van der Waals surface area contributed by atoms with Gasteiger partial charge >= 0.3 is 0 Å². The Hall–Kier alpha value is -1.40. The summed E-state index contributed by atoms with van der Waals surface area (Å²) in [5.74, 6) is -0.543. The van der Waals surface area contributed by atoms with Crippen molar-refractivity contribution in [1.82, 2.24) is 4.57 Å². The van der Waals surface area contributed by atoms with E-state index >= 15 is 0 Å². The Morgan fingerprint density at radius 2 is 2.07 bits per heavy atom. The average Bonchev–Trinajstić information content (AvgIpc) is 2.42. The molecule has 0 aliphatic rings. The third kappa shape index (κ3) is 1.62. The summed E-state index contributed by atoms with van der Waals surface area (Å²) in [7, 11) is -2.69. The highest BCUT2D eigenvalue weighted by atomic mass is 32.2. The summed E-state index contributed by atoms with van der Waals surface area (Å²) in [6.07, 6.45) is 1.25. The Labute approximate surface area is 85.7 Å². The summed E-state index contributed by atoms with van der Waals surface area (Å²) in [6.45, 7) is 0. The summed E-state index contributed by atoms with van der Waals surface area (Å²) in [6, 6.07) is 3.77. The van der Waals surface area contributed by atoms with Crippen molar-refractivity contribution in [3.05, 3.63) is 30.2 Å². The number of aromatic nitrogens is 1. The molecule has 0 bridgehead atoms. The fourth-order valence-electron chi connectivity index (χ4n) is 1.53. The first-order valence-corrected chi connectivity index (χ1v) is 5.55. The third-order valence-corrected chi connectivity index (χ3v) is 3.07. The normalized spacial score (nSPS) is 12.2. The van der Waals surface area contributed by atoms with Gasteiger partial charge in [-0.05, 0) is 18.2 Å². The lowest BCUT2D eigenvalue weighted by atomic mass is 10.2. The van der Waals surface area contributed by atoms with Gasteiger partial charge < -0.3 is 4.57 Å². The Morgan fingerprint density at radius 3 is 2.67 bits per heavy atom. The molecule has 1 heterocycles. The molecule has 0 aliphatic heterocycles. The first-order chi connectivity index (χ1) is 6.89. The number of nitrogens with zero attached hydrogens (tertiary/aromatic N) is 1. The van der Waals surface area contributed by atoms with Crippen molar-refractivity contribution in [2.24, 2.45) is 7.05 Å². The fourth-order valence-corrected chi connectivity index (χ4v) is 2.27. The maximum Gasteiger partial charge on any atom is 0.296 e. The molecule has 0 fully saturated rings. The van der Waals surface area contributed by atoms with Crippen molar-refractivity contribution >= 4 is 21.0 Å². The zero-order valence-corrected chi connectivity index (χ0v) is 8.62. The van der Waals surface area contributed by atoms with Crippen molar-refractivity contribution in [2.45, 2.75) is 4.90 Å². The minimum atomic E-state index is -4.31. The molecule has 2 aromatic rings. The molecular weight excluding hydrogens is 221 g/mol. The van der Waals surface area contributed by atoms with Crippen LogP contribution in [-0.2, 0) is 17.2 Å². The van der Waals surface area contributed by atoms with Gasteiger partial charge in [0, 0.05) is 24.1 Å². The lowest BCUT2D eigenvalue weighted by molar-refractivity contribution is 0.484. The first kappa shape index (κ1) is 10.1. The molecule has 1 aromatic heterocycles. The second kappa shape index (κ2) is 3.04. The van der Waals surface area contributed by atoms with Crippen molar-refractivity contribution in [1.29, 1.82) is 0 Å². The molecule has 15 heavy (non-hydrogen) atoms. The molecule has 6 heteroatoms. The molecule has 1 N–H and O–H groups in total. The molecular formula is C9H8FNO3S. The predicted molar refractivity (Wildman–Crippen MR) is 52.7 cm³/mol. The second-order valence-corrected chi connectivity index (χ2v) is 4.63. The summed E-state index contributed by atoms with van der Waals surface area (Å²) in [4.78, 5) is -0.278. The van der Waals surface area contributed by atoms with Gasteiger partial charge in [-0.25, -0.2) is 4.39 Å². The molecule has 1 aromatic carbocycles. The van der Waals surface area contributed by atoms with E-state index in [2.05, 4.69) is 0 Å². The molecule has 0 spiro atoms. The largest absolute Gasteiger partial charge is 0.349 e. The molecule has 0 unspecified atom stereocenters. The smallest absolute Gasteiger partial charge is 0.296 e. The average molecular weight is 229 g/mol. The Kier molecular flexibility index (Phi) is 2.06. The molecule has 0 saturated heterocycles. The van der Waals surface area contributed by atoms with E-state index in [-0.39, 0.29) is 10.3 Å². The van der Waals surface area contributed by atoms with Crippen LogP contribution in [0, 0.1) is 5.82 Å². The molecule has 80 valence electrons. The van der Waals surface area contributed by atoms with E-state index in [0.717, 1.165) is 6.07 Å². The minimum Gasteiger partial charge on any atom is -0.349 e. The summed E-state index contributed by atoms with van der Waals surface area (Å²) in [5, 5.41) is 0.181.